The molecule has 1 saturated heterocycles. The lowest BCUT2D eigenvalue weighted by Gasteiger charge is -2.34. The quantitative estimate of drug-likeness (QED) is 0.704. The normalized spacial score (nSPS) is 26.0. The summed E-state index contributed by atoms with van der Waals surface area (Å²) in [4.78, 5) is 28.6. The van der Waals surface area contributed by atoms with Crippen LogP contribution in [0.5, 0.6) is 5.75 Å². The molecule has 162 valence electrons. The number of rotatable bonds is 6. The summed E-state index contributed by atoms with van der Waals surface area (Å²) in [5, 5.41) is 3.14. The highest BCUT2D eigenvalue weighted by Gasteiger charge is 2.47. The molecular weight excluding hydrogens is 376 g/mol. The molecule has 1 aromatic carbocycles. The van der Waals surface area contributed by atoms with Gasteiger partial charge in [0.25, 0.3) is 5.91 Å². The summed E-state index contributed by atoms with van der Waals surface area (Å²) in [6.07, 6.45) is 13.3. The molecular formula is C25H34N2O3. The second-order valence-electron chi connectivity index (χ2n) is 8.93. The lowest BCUT2D eigenvalue weighted by Crippen LogP contribution is -2.49. The Morgan fingerprint density at radius 2 is 1.97 bits per heavy atom. The topological polar surface area (TPSA) is 58.6 Å². The summed E-state index contributed by atoms with van der Waals surface area (Å²) in [7, 11) is 1.59. The van der Waals surface area contributed by atoms with Crippen LogP contribution in [0.15, 0.2) is 35.9 Å². The van der Waals surface area contributed by atoms with Crippen molar-refractivity contribution in [2.75, 3.05) is 13.7 Å². The molecule has 1 N–H and O–H groups in total. The van der Waals surface area contributed by atoms with Crippen molar-refractivity contribution in [3.63, 3.8) is 0 Å². The predicted octanol–water partition coefficient (Wildman–Crippen LogP) is 4.48. The zero-order chi connectivity index (χ0) is 20.9. The lowest BCUT2D eigenvalue weighted by molar-refractivity contribution is -0.125. The number of amides is 2. The van der Waals surface area contributed by atoms with Crippen LogP contribution in [0, 0.1) is 5.92 Å². The largest absolute Gasteiger partial charge is 0.496 e. The lowest BCUT2D eigenvalue weighted by atomic mass is 9.84. The van der Waals surface area contributed by atoms with Crippen LogP contribution in [-0.4, -0.2) is 42.5 Å². The molecule has 3 atom stereocenters. The number of benzene rings is 1. The molecule has 5 heteroatoms. The first-order valence-corrected chi connectivity index (χ1v) is 11.6. The molecule has 0 spiro atoms. The fourth-order valence-corrected chi connectivity index (χ4v) is 5.54. The zero-order valence-electron chi connectivity index (χ0n) is 18.1. The summed E-state index contributed by atoms with van der Waals surface area (Å²) in [5.74, 6) is 0.931. The van der Waals surface area contributed by atoms with Crippen LogP contribution in [0.2, 0.25) is 0 Å². The van der Waals surface area contributed by atoms with Crippen LogP contribution >= 0.6 is 0 Å². The molecule has 1 saturated carbocycles. The van der Waals surface area contributed by atoms with Gasteiger partial charge in [0, 0.05) is 12.6 Å². The summed E-state index contributed by atoms with van der Waals surface area (Å²) >= 11 is 0. The van der Waals surface area contributed by atoms with Gasteiger partial charge in [-0.2, -0.15) is 0 Å². The van der Waals surface area contributed by atoms with Gasteiger partial charge >= 0.3 is 0 Å². The van der Waals surface area contributed by atoms with Crippen LogP contribution < -0.4 is 10.1 Å². The first-order valence-electron chi connectivity index (χ1n) is 11.6. The molecule has 0 aromatic heterocycles. The molecule has 3 aliphatic rings. The minimum absolute atomic E-state index is 0.00376. The van der Waals surface area contributed by atoms with E-state index >= 15 is 0 Å². The van der Waals surface area contributed by atoms with E-state index in [1.54, 1.807) is 7.11 Å². The van der Waals surface area contributed by atoms with E-state index in [1.165, 1.54) is 24.8 Å². The van der Waals surface area contributed by atoms with Gasteiger partial charge in [-0.1, -0.05) is 36.6 Å². The monoisotopic (exact) mass is 410 g/mol. The number of methoxy groups -OCH3 is 1. The minimum atomic E-state index is -0.379. The molecule has 4 rings (SSSR count). The maximum atomic E-state index is 13.6. The molecule has 2 aliphatic carbocycles. The Kier molecular flexibility index (Phi) is 6.76. The van der Waals surface area contributed by atoms with Crippen molar-refractivity contribution < 1.29 is 14.3 Å². The average molecular weight is 411 g/mol. The third-order valence-corrected chi connectivity index (χ3v) is 7.09. The number of para-hydroxylation sites is 1. The van der Waals surface area contributed by atoms with Crippen molar-refractivity contribution in [2.24, 2.45) is 5.92 Å². The standard InChI is InChI=1S/C25H34N2O3/c1-30-23-14-8-6-12-20(23)25(29)27-21-13-7-5-11-19(21)17-22(27)24(28)26-16-15-18-9-3-2-4-10-18/h6,8-9,12,14,19,21-22H,2-5,7,10-11,13,15-17H2,1H3,(H,26,28)/t19-,21-,22+/m1/s1. The number of carbonyl (C=O) groups excluding carboxylic acids is 2. The van der Waals surface area contributed by atoms with Gasteiger partial charge in [-0.3, -0.25) is 9.59 Å². The Bertz CT molecular complexity index is 803. The number of allylic oxidation sites excluding steroid dienone is 1. The van der Waals surface area contributed by atoms with Crippen LogP contribution in [0.25, 0.3) is 0 Å². The number of nitrogens with one attached hydrogen (secondary N) is 1. The fraction of sp³-hybridized carbons (Fsp3) is 0.600. The highest BCUT2D eigenvalue weighted by atomic mass is 16.5. The number of hydrogen-bond acceptors (Lipinski definition) is 3. The first kappa shape index (κ1) is 21.0. The van der Waals surface area contributed by atoms with Crippen molar-refractivity contribution in [3.05, 3.63) is 41.5 Å². The molecule has 2 amide bonds. The third kappa shape index (κ3) is 4.40. The van der Waals surface area contributed by atoms with Gasteiger partial charge in [0.15, 0.2) is 0 Å². The molecule has 1 aliphatic heterocycles. The molecule has 5 nitrogen and oxygen atoms in total. The van der Waals surface area contributed by atoms with Gasteiger partial charge < -0.3 is 15.0 Å². The Morgan fingerprint density at radius 3 is 2.77 bits per heavy atom. The molecule has 0 bridgehead atoms. The Hall–Kier alpha value is -2.30. The summed E-state index contributed by atoms with van der Waals surface area (Å²) in [6, 6.07) is 7.13. The van der Waals surface area contributed by atoms with E-state index in [0.717, 1.165) is 44.9 Å². The Balaban J connectivity index is 1.49. The second kappa shape index (κ2) is 9.67. The zero-order valence-corrected chi connectivity index (χ0v) is 18.1. The highest BCUT2D eigenvalue weighted by Crippen LogP contribution is 2.41. The molecule has 2 fully saturated rings. The van der Waals surface area contributed by atoms with Crippen LogP contribution in [0.1, 0.15) is 74.6 Å². The van der Waals surface area contributed by atoms with Crippen molar-refractivity contribution >= 4 is 11.8 Å². The molecule has 0 radical (unpaired) electrons. The minimum Gasteiger partial charge on any atom is -0.496 e. The van der Waals surface area contributed by atoms with Crippen molar-refractivity contribution in [2.45, 2.75) is 76.3 Å². The van der Waals surface area contributed by atoms with E-state index in [9.17, 15) is 9.59 Å². The van der Waals surface area contributed by atoms with Crippen molar-refractivity contribution in [3.8, 4) is 5.75 Å². The summed E-state index contributed by atoms with van der Waals surface area (Å²) in [5.41, 5.74) is 2.01. The molecule has 30 heavy (non-hydrogen) atoms. The molecule has 1 heterocycles. The predicted molar refractivity (Wildman–Crippen MR) is 117 cm³/mol. The number of ether oxygens (including phenoxy) is 1. The molecule has 1 aromatic rings. The van der Waals surface area contributed by atoms with E-state index in [0.29, 0.717) is 23.8 Å². The van der Waals surface area contributed by atoms with Gasteiger partial charge in [0.2, 0.25) is 5.91 Å². The maximum Gasteiger partial charge on any atom is 0.258 e. The van der Waals surface area contributed by atoms with Gasteiger partial charge in [-0.15, -0.1) is 0 Å². The Morgan fingerprint density at radius 1 is 1.13 bits per heavy atom. The van der Waals surface area contributed by atoms with E-state index < -0.39 is 0 Å². The van der Waals surface area contributed by atoms with E-state index in [-0.39, 0.29) is 23.9 Å². The second-order valence-corrected chi connectivity index (χ2v) is 8.93. The fourth-order valence-electron chi connectivity index (χ4n) is 5.54. The van der Waals surface area contributed by atoms with E-state index in [1.807, 2.05) is 29.2 Å². The Labute approximate surface area is 179 Å². The van der Waals surface area contributed by atoms with Crippen LogP contribution in [0.3, 0.4) is 0 Å². The summed E-state index contributed by atoms with van der Waals surface area (Å²) in [6.45, 7) is 0.660. The number of hydrogen-bond donors (Lipinski definition) is 1. The average Bonchev–Trinajstić information content (AvgIpc) is 3.19. The first-order chi connectivity index (χ1) is 14.7. The number of fused-ring (bicyclic) bond motifs is 1. The number of nitrogens with zero attached hydrogens (tertiary/aromatic N) is 1. The SMILES string of the molecule is COc1ccccc1C(=O)N1[C@@H]2CCCC[C@@H]2C[C@H]1C(=O)NCCC1=CCCCC1. The van der Waals surface area contributed by atoms with Gasteiger partial charge in [0.05, 0.1) is 12.7 Å². The maximum absolute atomic E-state index is 13.6. The third-order valence-electron chi connectivity index (χ3n) is 7.09. The van der Waals surface area contributed by atoms with E-state index in [2.05, 4.69) is 11.4 Å². The highest BCUT2D eigenvalue weighted by molar-refractivity contribution is 6.00. The smallest absolute Gasteiger partial charge is 0.258 e. The van der Waals surface area contributed by atoms with Crippen molar-refractivity contribution in [1.82, 2.24) is 10.2 Å². The van der Waals surface area contributed by atoms with Gasteiger partial charge in [-0.05, 0) is 69.4 Å². The van der Waals surface area contributed by atoms with Gasteiger partial charge in [-0.25, -0.2) is 0 Å². The van der Waals surface area contributed by atoms with Crippen molar-refractivity contribution in [1.29, 1.82) is 0 Å². The van der Waals surface area contributed by atoms with Crippen LogP contribution in [0.4, 0.5) is 0 Å². The number of carbonyl (C=O) groups is 2. The van der Waals surface area contributed by atoms with Gasteiger partial charge in [0.1, 0.15) is 11.8 Å². The summed E-state index contributed by atoms with van der Waals surface area (Å²) < 4.78 is 5.44. The van der Waals surface area contributed by atoms with E-state index in [4.69, 9.17) is 4.74 Å². The van der Waals surface area contributed by atoms with Crippen LogP contribution in [-0.2, 0) is 4.79 Å². The molecule has 0 unspecified atom stereocenters. The number of likely N-dealkylation sites (tertiary alicyclic amines) is 1.